The van der Waals surface area contributed by atoms with Crippen molar-refractivity contribution in [2.75, 3.05) is 13.6 Å². The van der Waals surface area contributed by atoms with E-state index in [0.717, 1.165) is 18.4 Å². The summed E-state index contributed by atoms with van der Waals surface area (Å²) >= 11 is 0. The van der Waals surface area contributed by atoms with Gasteiger partial charge in [0, 0.05) is 25.6 Å². The molecule has 4 atom stereocenters. The molecule has 3 aliphatic rings. The van der Waals surface area contributed by atoms with Crippen molar-refractivity contribution in [3.63, 3.8) is 0 Å². The van der Waals surface area contributed by atoms with Crippen LogP contribution >= 0.6 is 0 Å². The number of benzene rings is 1. The zero-order chi connectivity index (χ0) is 20.1. The first-order valence-corrected chi connectivity index (χ1v) is 11.3. The number of nitrogens with zero attached hydrogens (tertiary/aromatic N) is 2. The highest BCUT2D eigenvalue weighted by atomic mass is 32.2. The van der Waals surface area contributed by atoms with Crippen LogP contribution in [-0.4, -0.2) is 49.1 Å². The minimum absolute atomic E-state index is 0.145. The number of imide groups is 1. The van der Waals surface area contributed by atoms with Gasteiger partial charge >= 0.3 is 0 Å². The number of amides is 2. The van der Waals surface area contributed by atoms with Gasteiger partial charge in [0.25, 0.3) is 0 Å². The molecule has 1 unspecified atom stereocenters. The van der Waals surface area contributed by atoms with Crippen LogP contribution in [0.3, 0.4) is 0 Å². The topological polar surface area (TPSA) is 74.8 Å². The number of carbonyl (C=O) groups excluding carboxylic acids is 2. The molecule has 0 bridgehead atoms. The van der Waals surface area contributed by atoms with Crippen LogP contribution in [0.25, 0.3) is 0 Å². The van der Waals surface area contributed by atoms with Gasteiger partial charge in [-0.25, -0.2) is 8.42 Å². The molecule has 6 nitrogen and oxygen atoms in total. The molecule has 1 aromatic carbocycles. The van der Waals surface area contributed by atoms with E-state index in [4.69, 9.17) is 0 Å². The molecule has 0 radical (unpaired) electrons. The van der Waals surface area contributed by atoms with Crippen molar-refractivity contribution in [3.8, 4) is 0 Å². The summed E-state index contributed by atoms with van der Waals surface area (Å²) in [4.78, 5) is 26.7. The minimum Gasteiger partial charge on any atom is -0.285 e. The summed E-state index contributed by atoms with van der Waals surface area (Å²) in [5.74, 6) is -1.41. The first-order valence-electron chi connectivity index (χ1n) is 9.89. The van der Waals surface area contributed by atoms with Gasteiger partial charge in [-0.1, -0.05) is 36.3 Å². The number of hydrogen-bond acceptors (Lipinski definition) is 4. The number of carbonyl (C=O) groups is 2. The monoisotopic (exact) mass is 402 g/mol. The third kappa shape index (κ3) is 3.01. The quantitative estimate of drug-likeness (QED) is 0.575. The average Bonchev–Trinajstić information content (AvgIpc) is 2.93. The molecule has 0 aromatic heterocycles. The van der Waals surface area contributed by atoms with Crippen molar-refractivity contribution in [2.45, 2.75) is 43.5 Å². The van der Waals surface area contributed by atoms with E-state index in [-0.39, 0.29) is 34.6 Å². The average molecular weight is 403 g/mol. The number of hydrogen-bond donors (Lipinski definition) is 0. The van der Waals surface area contributed by atoms with Crippen LogP contribution in [0.5, 0.6) is 0 Å². The fourth-order valence-corrected chi connectivity index (χ4v) is 6.64. The van der Waals surface area contributed by atoms with Gasteiger partial charge in [-0.3, -0.25) is 14.5 Å². The molecular formula is C21H26N2O4S. The summed E-state index contributed by atoms with van der Waals surface area (Å²) in [5.41, 5.74) is 1.00. The lowest BCUT2D eigenvalue weighted by molar-refractivity contribution is -0.138. The fraction of sp³-hybridized carbons (Fsp3) is 0.524. The molecule has 4 rings (SSSR count). The van der Waals surface area contributed by atoms with E-state index in [1.54, 1.807) is 28.6 Å². The molecule has 28 heavy (non-hydrogen) atoms. The smallest absolute Gasteiger partial charge is 0.243 e. The Morgan fingerprint density at radius 1 is 1.04 bits per heavy atom. The summed E-state index contributed by atoms with van der Waals surface area (Å²) < 4.78 is 28.4. The van der Waals surface area contributed by atoms with E-state index < -0.39 is 15.9 Å². The van der Waals surface area contributed by atoms with Crippen LogP contribution in [0, 0.1) is 24.7 Å². The van der Waals surface area contributed by atoms with Gasteiger partial charge < -0.3 is 0 Å². The van der Waals surface area contributed by atoms with Crippen molar-refractivity contribution in [2.24, 2.45) is 17.8 Å². The highest BCUT2D eigenvalue weighted by molar-refractivity contribution is 7.89. The van der Waals surface area contributed by atoms with E-state index in [9.17, 15) is 18.0 Å². The molecule has 2 heterocycles. The van der Waals surface area contributed by atoms with Gasteiger partial charge in [0.15, 0.2) is 0 Å². The Hall–Kier alpha value is -1.99. The lowest BCUT2D eigenvalue weighted by Gasteiger charge is -2.41. The van der Waals surface area contributed by atoms with E-state index in [2.05, 4.69) is 0 Å². The maximum atomic E-state index is 13.4. The summed E-state index contributed by atoms with van der Waals surface area (Å²) in [6.07, 6.45) is 6.89. The van der Waals surface area contributed by atoms with Crippen LogP contribution < -0.4 is 0 Å². The molecule has 7 heteroatoms. The normalized spacial score (nSPS) is 31.3. The van der Waals surface area contributed by atoms with E-state index in [1.165, 1.54) is 11.9 Å². The zero-order valence-electron chi connectivity index (χ0n) is 16.2. The zero-order valence-corrected chi connectivity index (χ0v) is 17.1. The maximum absolute atomic E-state index is 13.4. The largest absolute Gasteiger partial charge is 0.285 e. The van der Waals surface area contributed by atoms with Crippen LogP contribution in [0.1, 0.15) is 31.2 Å². The molecule has 2 fully saturated rings. The predicted octanol–water partition coefficient (Wildman–Crippen LogP) is 2.35. The Morgan fingerprint density at radius 3 is 2.46 bits per heavy atom. The predicted molar refractivity (Wildman–Crippen MR) is 105 cm³/mol. The van der Waals surface area contributed by atoms with E-state index in [1.807, 2.05) is 19.1 Å². The van der Waals surface area contributed by atoms with Crippen molar-refractivity contribution < 1.29 is 18.0 Å². The number of sulfonamides is 1. The second kappa shape index (κ2) is 7.12. The Labute approximate surface area is 166 Å². The summed E-state index contributed by atoms with van der Waals surface area (Å²) in [6.45, 7) is 2.37. The molecule has 0 spiro atoms. The second-order valence-electron chi connectivity index (χ2n) is 8.10. The van der Waals surface area contributed by atoms with Gasteiger partial charge in [0.1, 0.15) is 0 Å². The molecule has 0 N–H and O–H groups in total. The first-order chi connectivity index (χ1) is 13.3. The number of rotatable bonds is 3. The third-order valence-electron chi connectivity index (χ3n) is 6.43. The Bertz CT molecular complexity index is 922. The van der Waals surface area contributed by atoms with Gasteiger partial charge in [0.2, 0.25) is 21.8 Å². The van der Waals surface area contributed by atoms with Crippen molar-refractivity contribution in [3.05, 3.63) is 42.0 Å². The molecule has 150 valence electrons. The van der Waals surface area contributed by atoms with Crippen LogP contribution in [0.4, 0.5) is 0 Å². The number of aryl methyl sites for hydroxylation is 1. The Kier molecular flexibility index (Phi) is 4.91. The number of fused-ring (bicyclic) bond motifs is 1. The highest BCUT2D eigenvalue weighted by Crippen LogP contribution is 2.43. The van der Waals surface area contributed by atoms with Crippen LogP contribution in [0.15, 0.2) is 41.3 Å². The summed E-state index contributed by atoms with van der Waals surface area (Å²) in [7, 11) is -2.13. The van der Waals surface area contributed by atoms with Crippen molar-refractivity contribution in [1.29, 1.82) is 0 Å². The lowest BCUT2D eigenvalue weighted by atomic mass is 9.72. The summed E-state index contributed by atoms with van der Waals surface area (Å²) in [5, 5.41) is 0. The van der Waals surface area contributed by atoms with Crippen molar-refractivity contribution >= 4 is 21.8 Å². The number of allylic oxidation sites excluding steroid dienone is 1. The molecule has 0 saturated carbocycles. The lowest BCUT2D eigenvalue weighted by Crippen LogP contribution is -2.50. The fourth-order valence-electron chi connectivity index (χ4n) is 4.92. The number of piperidine rings is 1. The van der Waals surface area contributed by atoms with E-state index in [0.29, 0.717) is 19.4 Å². The highest BCUT2D eigenvalue weighted by Gasteiger charge is 2.53. The summed E-state index contributed by atoms with van der Waals surface area (Å²) in [6, 6.07) is 6.60. The third-order valence-corrected chi connectivity index (χ3v) is 8.37. The molecular weight excluding hydrogens is 376 g/mol. The molecule has 1 aromatic rings. The molecule has 2 amide bonds. The Balaban J connectivity index is 1.70. The first kappa shape index (κ1) is 19.3. The van der Waals surface area contributed by atoms with Crippen LogP contribution in [-0.2, 0) is 19.6 Å². The second-order valence-corrected chi connectivity index (χ2v) is 9.99. The standard InChI is InChI=1S/C21H26N2O4S/c1-14-9-11-15(12-10-14)28(26,27)23-13-4-3-8-18(23)16-6-5-7-17-19(16)21(25)22(2)20(17)24/h5-6,9-12,16-19H,3-4,7-8,13H2,1-2H3/t16-,17-,18?,19+/m0/s1. The van der Waals surface area contributed by atoms with Gasteiger partial charge in [-0.15, -0.1) is 0 Å². The number of likely N-dealkylation sites (tertiary alicyclic amines) is 1. The minimum atomic E-state index is -3.66. The molecule has 2 saturated heterocycles. The maximum Gasteiger partial charge on any atom is 0.243 e. The molecule has 2 aliphatic heterocycles. The Morgan fingerprint density at radius 2 is 1.75 bits per heavy atom. The van der Waals surface area contributed by atoms with Gasteiger partial charge in [-0.05, 0) is 38.3 Å². The van der Waals surface area contributed by atoms with E-state index >= 15 is 0 Å². The van der Waals surface area contributed by atoms with Gasteiger partial charge in [0.05, 0.1) is 16.7 Å². The SMILES string of the molecule is Cc1ccc(S(=O)(=O)N2CCCCC2[C@@H]2C=CC[C@@H]3C(=O)N(C)C(=O)[C@@H]32)cc1. The van der Waals surface area contributed by atoms with Crippen molar-refractivity contribution in [1.82, 2.24) is 9.21 Å². The molecule has 1 aliphatic carbocycles. The van der Waals surface area contributed by atoms with Crippen LogP contribution in [0.2, 0.25) is 0 Å². The van der Waals surface area contributed by atoms with Gasteiger partial charge in [-0.2, -0.15) is 4.31 Å².